The largest absolute Gasteiger partial charge is 0.495 e. The van der Waals surface area contributed by atoms with Crippen molar-refractivity contribution >= 4 is 11.6 Å². The highest BCUT2D eigenvalue weighted by atomic mass is 16.5. The number of amides is 1. The molecule has 0 saturated carbocycles. The summed E-state index contributed by atoms with van der Waals surface area (Å²) in [7, 11) is 1.57. The smallest absolute Gasteiger partial charge is 0.255 e. The SMILES string of the molecule is COc1cc(CN)ccc1NC(=O)c1cccc(C)c1. The van der Waals surface area contributed by atoms with Crippen molar-refractivity contribution in [2.75, 3.05) is 12.4 Å². The van der Waals surface area contributed by atoms with Gasteiger partial charge in [-0.1, -0.05) is 23.8 Å². The predicted molar refractivity (Wildman–Crippen MR) is 80.0 cm³/mol. The summed E-state index contributed by atoms with van der Waals surface area (Å²) in [6, 6.07) is 12.9. The zero-order valence-electron chi connectivity index (χ0n) is 11.6. The van der Waals surface area contributed by atoms with Crippen LogP contribution >= 0.6 is 0 Å². The molecule has 0 aliphatic carbocycles. The lowest BCUT2D eigenvalue weighted by Crippen LogP contribution is -2.13. The molecule has 2 aromatic rings. The molecule has 0 aliphatic rings. The third-order valence-corrected chi connectivity index (χ3v) is 3.03. The van der Waals surface area contributed by atoms with E-state index in [0.29, 0.717) is 23.5 Å². The van der Waals surface area contributed by atoms with Gasteiger partial charge in [-0.2, -0.15) is 0 Å². The average molecular weight is 270 g/mol. The lowest BCUT2D eigenvalue weighted by Gasteiger charge is -2.11. The molecule has 2 rings (SSSR count). The lowest BCUT2D eigenvalue weighted by atomic mass is 10.1. The van der Waals surface area contributed by atoms with Gasteiger partial charge >= 0.3 is 0 Å². The first kappa shape index (κ1) is 14.1. The van der Waals surface area contributed by atoms with E-state index in [2.05, 4.69) is 5.32 Å². The van der Waals surface area contributed by atoms with Gasteiger partial charge in [-0.15, -0.1) is 0 Å². The van der Waals surface area contributed by atoms with Crippen LogP contribution in [0.1, 0.15) is 21.5 Å². The second-order valence-electron chi connectivity index (χ2n) is 4.56. The van der Waals surface area contributed by atoms with Gasteiger partial charge in [-0.25, -0.2) is 0 Å². The summed E-state index contributed by atoms with van der Waals surface area (Å²) < 4.78 is 5.28. The Hall–Kier alpha value is -2.33. The first-order chi connectivity index (χ1) is 9.63. The van der Waals surface area contributed by atoms with Crippen LogP contribution in [0.2, 0.25) is 0 Å². The van der Waals surface area contributed by atoms with E-state index in [1.54, 1.807) is 19.2 Å². The highest BCUT2D eigenvalue weighted by Gasteiger charge is 2.10. The Kier molecular flexibility index (Phi) is 4.38. The van der Waals surface area contributed by atoms with Crippen LogP contribution in [0.3, 0.4) is 0 Å². The third-order valence-electron chi connectivity index (χ3n) is 3.03. The van der Waals surface area contributed by atoms with Gasteiger partial charge in [0, 0.05) is 12.1 Å². The number of carbonyl (C=O) groups excluding carboxylic acids is 1. The van der Waals surface area contributed by atoms with Crippen LogP contribution in [0.4, 0.5) is 5.69 Å². The quantitative estimate of drug-likeness (QED) is 0.897. The number of hydrogen-bond donors (Lipinski definition) is 2. The van der Waals surface area contributed by atoms with E-state index in [0.717, 1.165) is 11.1 Å². The van der Waals surface area contributed by atoms with Gasteiger partial charge in [0.15, 0.2) is 0 Å². The second kappa shape index (κ2) is 6.21. The Labute approximate surface area is 118 Å². The number of methoxy groups -OCH3 is 1. The molecule has 2 aromatic carbocycles. The van der Waals surface area contributed by atoms with Crippen LogP contribution in [0.5, 0.6) is 5.75 Å². The number of hydrogen-bond acceptors (Lipinski definition) is 3. The van der Waals surface area contributed by atoms with Crippen LogP contribution in [0, 0.1) is 6.92 Å². The number of nitrogens with two attached hydrogens (primary N) is 1. The number of anilines is 1. The van der Waals surface area contributed by atoms with Crippen LogP contribution in [0.15, 0.2) is 42.5 Å². The van der Waals surface area contributed by atoms with Crippen molar-refractivity contribution in [3.05, 3.63) is 59.2 Å². The molecule has 104 valence electrons. The molecular formula is C16H18N2O2. The fourth-order valence-corrected chi connectivity index (χ4v) is 1.95. The Balaban J connectivity index is 2.23. The Morgan fingerprint density at radius 2 is 2.05 bits per heavy atom. The van der Waals surface area contributed by atoms with E-state index in [4.69, 9.17) is 10.5 Å². The van der Waals surface area contributed by atoms with E-state index >= 15 is 0 Å². The number of ether oxygens (including phenoxy) is 1. The van der Waals surface area contributed by atoms with Crippen LogP contribution in [0.25, 0.3) is 0 Å². The highest BCUT2D eigenvalue weighted by Crippen LogP contribution is 2.26. The van der Waals surface area contributed by atoms with Gasteiger partial charge in [0.05, 0.1) is 12.8 Å². The van der Waals surface area contributed by atoms with Crippen LogP contribution in [-0.4, -0.2) is 13.0 Å². The molecule has 0 heterocycles. The van der Waals surface area contributed by atoms with E-state index in [1.165, 1.54) is 0 Å². The summed E-state index contributed by atoms with van der Waals surface area (Å²) in [6.07, 6.45) is 0. The zero-order valence-corrected chi connectivity index (χ0v) is 11.6. The van der Waals surface area contributed by atoms with E-state index in [9.17, 15) is 4.79 Å². The summed E-state index contributed by atoms with van der Waals surface area (Å²) in [6.45, 7) is 2.38. The Morgan fingerprint density at radius 1 is 1.25 bits per heavy atom. The second-order valence-corrected chi connectivity index (χ2v) is 4.56. The summed E-state index contributed by atoms with van der Waals surface area (Å²) in [5.41, 5.74) is 8.84. The third kappa shape index (κ3) is 3.16. The molecule has 4 nitrogen and oxygen atoms in total. The van der Waals surface area contributed by atoms with Crippen molar-refractivity contribution in [2.24, 2.45) is 5.73 Å². The first-order valence-corrected chi connectivity index (χ1v) is 6.39. The van der Waals surface area contributed by atoms with Gasteiger partial charge in [0.1, 0.15) is 5.75 Å². The molecule has 3 N–H and O–H groups in total. The molecular weight excluding hydrogens is 252 g/mol. The van der Waals surface area contributed by atoms with Crippen LogP contribution in [-0.2, 0) is 6.54 Å². The summed E-state index contributed by atoms with van der Waals surface area (Å²) in [5.74, 6) is 0.446. The average Bonchev–Trinajstić information content (AvgIpc) is 2.47. The van der Waals surface area contributed by atoms with Crippen molar-refractivity contribution in [1.29, 1.82) is 0 Å². The zero-order chi connectivity index (χ0) is 14.5. The highest BCUT2D eigenvalue weighted by molar-refractivity contribution is 6.05. The van der Waals surface area contributed by atoms with E-state index in [1.807, 2.05) is 37.3 Å². The molecule has 0 bridgehead atoms. The molecule has 1 amide bonds. The minimum Gasteiger partial charge on any atom is -0.495 e. The van der Waals surface area contributed by atoms with Gasteiger partial charge in [-0.05, 0) is 36.8 Å². The lowest BCUT2D eigenvalue weighted by molar-refractivity contribution is 0.102. The topological polar surface area (TPSA) is 64.3 Å². The molecule has 0 aliphatic heterocycles. The van der Waals surface area contributed by atoms with Gasteiger partial charge in [0.2, 0.25) is 0 Å². The molecule has 4 heteroatoms. The molecule has 0 aromatic heterocycles. The Morgan fingerprint density at radius 3 is 2.70 bits per heavy atom. The molecule has 0 unspecified atom stereocenters. The summed E-state index contributed by atoms with van der Waals surface area (Å²) in [5, 5.41) is 2.85. The van der Waals surface area contributed by atoms with Crippen molar-refractivity contribution in [1.82, 2.24) is 0 Å². The fraction of sp³-hybridized carbons (Fsp3) is 0.188. The summed E-state index contributed by atoms with van der Waals surface area (Å²) in [4.78, 5) is 12.2. The van der Waals surface area contributed by atoms with E-state index < -0.39 is 0 Å². The maximum absolute atomic E-state index is 12.2. The van der Waals surface area contributed by atoms with E-state index in [-0.39, 0.29) is 5.91 Å². The predicted octanol–water partition coefficient (Wildman–Crippen LogP) is 2.71. The van der Waals surface area contributed by atoms with Gasteiger partial charge in [-0.3, -0.25) is 4.79 Å². The normalized spacial score (nSPS) is 10.2. The number of nitrogens with one attached hydrogen (secondary N) is 1. The molecule has 0 spiro atoms. The van der Waals surface area contributed by atoms with Crippen molar-refractivity contribution in [3.8, 4) is 5.75 Å². The number of rotatable bonds is 4. The maximum atomic E-state index is 12.2. The van der Waals surface area contributed by atoms with Gasteiger partial charge in [0.25, 0.3) is 5.91 Å². The van der Waals surface area contributed by atoms with Crippen molar-refractivity contribution in [2.45, 2.75) is 13.5 Å². The van der Waals surface area contributed by atoms with Crippen LogP contribution < -0.4 is 15.8 Å². The van der Waals surface area contributed by atoms with Crippen molar-refractivity contribution in [3.63, 3.8) is 0 Å². The number of aryl methyl sites for hydroxylation is 1. The monoisotopic (exact) mass is 270 g/mol. The fourth-order valence-electron chi connectivity index (χ4n) is 1.95. The number of benzene rings is 2. The Bertz CT molecular complexity index is 624. The molecule has 0 saturated heterocycles. The maximum Gasteiger partial charge on any atom is 0.255 e. The van der Waals surface area contributed by atoms with Crippen molar-refractivity contribution < 1.29 is 9.53 Å². The molecule has 20 heavy (non-hydrogen) atoms. The molecule has 0 radical (unpaired) electrons. The first-order valence-electron chi connectivity index (χ1n) is 6.39. The summed E-state index contributed by atoms with van der Waals surface area (Å²) >= 11 is 0. The molecule has 0 fully saturated rings. The minimum atomic E-state index is -0.160. The standard InChI is InChI=1S/C16H18N2O2/c1-11-4-3-5-13(8-11)16(19)18-14-7-6-12(10-17)9-15(14)20-2/h3-9H,10,17H2,1-2H3,(H,18,19). The molecule has 0 atom stereocenters. The van der Waals surface area contributed by atoms with Gasteiger partial charge < -0.3 is 15.8 Å². The minimum absolute atomic E-state index is 0.160. The number of carbonyl (C=O) groups is 1.